The molecule has 2 bridgehead atoms. The van der Waals surface area contributed by atoms with E-state index in [2.05, 4.69) is 45.0 Å². The second-order valence-corrected chi connectivity index (χ2v) is 7.94. The van der Waals surface area contributed by atoms with Crippen LogP contribution in [0.3, 0.4) is 0 Å². The molecule has 0 amide bonds. The van der Waals surface area contributed by atoms with Crippen molar-refractivity contribution >= 4 is 0 Å². The van der Waals surface area contributed by atoms with E-state index in [-0.39, 0.29) is 11.0 Å². The number of hydrogen-bond donors (Lipinski definition) is 1. The van der Waals surface area contributed by atoms with Gasteiger partial charge in [-0.3, -0.25) is 0 Å². The van der Waals surface area contributed by atoms with Crippen LogP contribution in [0.4, 0.5) is 0 Å². The molecule has 3 atom stereocenters. The Balaban J connectivity index is 1.74. The predicted molar refractivity (Wildman–Crippen MR) is 81.2 cm³/mol. The van der Waals surface area contributed by atoms with Crippen molar-refractivity contribution in [1.29, 1.82) is 0 Å². The molecular formula is C18H27N. The largest absolute Gasteiger partial charge is 0.325 e. The molecule has 2 saturated carbocycles. The van der Waals surface area contributed by atoms with Crippen LogP contribution in [0.25, 0.3) is 0 Å². The lowest BCUT2D eigenvalue weighted by Gasteiger charge is -2.34. The normalized spacial score (nSPS) is 33.9. The highest BCUT2D eigenvalue weighted by Gasteiger charge is 2.48. The van der Waals surface area contributed by atoms with Gasteiger partial charge in [0.1, 0.15) is 0 Å². The Bertz CT molecular complexity index is 454. The molecule has 2 aliphatic rings. The molecule has 0 saturated heterocycles. The average molecular weight is 257 g/mol. The van der Waals surface area contributed by atoms with E-state index < -0.39 is 0 Å². The van der Waals surface area contributed by atoms with Gasteiger partial charge in [-0.25, -0.2) is 0 Å². The predicted octanol–water partition coefficient (Wildman–Crippen LogP) is 4.04. The Labute approximate surface area is 117 Å². The Kier molecular flexibility index (Phi) is 3.01. The summed E-state index contributed by atoms with van der Waals surface area (Å²) in [5.41, 5.74) is 9.86. The molecule has 1 aromatic rings. The van der Waals surface area contributed by atoms with Crippen molar-refractivity contribution in [2.24, 2.45) is 17.6 Å². The van der Waals surface area contributed by atoms with E-state index in [9.17, 15) is 0 Å². The van der Waals surface area contributed by atoms with Gasteiger partial charge in [-0.05, 0) is 54.1 Å². The van der Waals surface area contributed by atoms with Gasteiger partial charge in [0.15, 0.2) is 0 Å². The molecular weight excluding hydrogens is 230 g/mol. The quantitative estimate of drug-likeness (QED) is 0.850. The van der Waals surface area contributed by atoms with Crippen LogP contribution in [0.2, 0.25) is 0 Å². The van der Waals surface area contributed by atoms with E-state index in [1.54, 1.807) is 0 Å². The Morgan fingerprint density at radius 3 is 2.32 bits per heavy atom. The van der Waals surface area contributed by atoms with Crippen LogP contribution in [0.1, 0.15) is 57.6 Å². The van der Waals surface area contributed by atoms with Crippen LogP contribution >= 0.6 is 0 Å². The van der Waals surface area contributed by atoms with Crippen molar-refractivity contribution in [3.05, 3.63) is 35.4 Å². The van der Waals surface area contributed by atoms with Crippen molar-refractivity contribution in [1.82, 2.24) is 0 Å². The zero-order valence-corrected chi connectivity index (χ0v) is 12.6. The number of benzene rings is 1. The molecule has 2 N–H and O–H groups in total. The fourth-order valence-electron chi connectivity index (χ4n) is 4.21. The van der Waals surface area contributed by atoms with Crippen molar-refractivity contribution < 1.29 is 0 Å². The summed E-state index contributed by atoms with van der Waals surface area (Å²) in [6, 6.07) is 9.15. The summed E-state index contributed by atoms with van der Waals surface area (Å²) < 4.78 is 0. The maximum atomic E-state index is 6.70. The van der Waals surface area contributed by atoms with Crippen molar-refractivity contribution in [2.45, 2.75) is 63.8 Å². The summed E-state index contributed by atoms with van der Waals surface area (Å²) >= 11 is 0. The fourth-order valence-corrected chi connectivity index (χ4v) is 4.21. The third-order valence-electron chi connectivity index (χ3n) is 5.38. The molecule has 1 aromatic carbocycles. The maximum absolute atomic E-state index is 6.70. The minimum atomic E-state index is 0.0895. The first kappa shape index (κ1) is 13.2. The van der Waals surface area contributed by atoms with E-state index in [0.717, 1.165) is 18.3 Å². The van der Waals surface area contributed by atoms with E-state index >= 15 is 0 Å². The highest BCUT2D eigenvalue weighted by Crippen LogP contribution is 2.50. The molecule has 1 nitrogen and oxygen atoms in total. The fraction of sp³-hybridized carbons (Fsp3) is 0.667. The maximum Gasteiger partial charge on any atom is 0.0226 e. The first-order valence-corrected chi connectivity index (χ1v) is 7.75. The Morgan fingerprint density at radius 1 is 1.16 bits per heavy atom. The summed E-state index contributed by atoms with van der Waals surface area (Å²) in [6.45, 7) is 6.80. The molecule has 3 unspecified atom stereocenters. The lowest BCUT2D eigenvalue weighted by Crippen LogP contribution is -2.46. The van der Waals surface area contributed by atoms with Crippen molar-refractivity contribution in [3.8, 4) is 0 Å². The zero-order valence-electron chi connectivity index (χ0n) is 12.6. The lowest BCUT2D eigenvalue weighted by atomic mass is 9.77. The zero-order chi connectivity index (χ0) is 13.7. The molecule has 0 aliphatic heterocycles. The van der Waals surface area contributed by atoms with Gasteiger partial charge in [-0.15, -0.1) is 0 Å². The molecule has 104 valence electrons. The van der Waals surface area contributed by atoms with E-state index in [0.29, 0.717) is 0 Å². The van der Waals surface area contributed by atoms with Crippen LogP contribution in [0.15, 0.2) is 24.3 Å². The summed E-state index contributed by atoms with van der Waals surface area (Å²) in [7, 11) is 0. The molecule has 2 aliphatic carbocycles. The number of nitrogens with two attached hydrogens (primary N) is 1. The highest BCUT2D eigenvalue weighted by molar-refractivity contribution is 5.29. The van der Waals surface area contributed by atoms with Gasteiger partial charge in [0, 0.05) is 5.54 Å². The lowest BCUT2D eigenvalue weighted by molar-refractivity contribution is 0.269. The number of rotatable bonds is 2. The summed E-state index contributed by atoms with van der Waals surface area (Å²) in [4.78, 5) is 0. The molecule has 0 radical (unpaired) electrons. The molecule has 0 heterocycles. The average Bonchev–Trinajstić information content (AvgIpc) is 2.88. The monoisotopic (exact) mass is 257 g/mol. The smallest absolute Gasteiger partial charge is 0.0226 e. The summed E-state index contributed by atoms with van der Waals surface area (Å²) in [5, 5.41) is 0. The van der Waals surface area contributed by atoms with Gasteiger partial charge in [-0.1, -0.05) is 51.5 Å². The van der Waals surface area contributed by atoms with Crippen molar-refractivity contribution in [2.75, 3.05) is 0 Å². The molecule has 1 heteroatoms. The molecule has 2 fully saturated rings. The van der Waals surface area contributed by atoms with Crippen molar-refractivity contribution in [3.63, 3.8) is 0 Å². The number of fused-ring (bicyclic) bond motifs is 2. The van der Waals surface area contributed by atoms with Crippen LogP contribution in [-0.2, 0) is 11.8 Å². The third-order valence-corrected chi connectivity index (χ3v) is 5.38. The van der Waals surface area contributed by atoms with Crippen LogP contribution in [0, 0.1) is 11.8 Å². The van der Waals surface area contributed by atoms with Gasteiger partial charge >= 0.3 is 0 Å². The first-order valence-electron chi connectivity index (χ1n) is 7.75. The second-order valence-electron chi connectivity index (χ2n) is 7.94. The van der Waals surface area contributed by atoms with E-state index in [1.807, 2.05) is 0 Å². The first-order chi connectivity index (χ1) is 8.87. The van der Waals surface area contributed by atoms with Crippen LogP contribution in [-0.4, -0.2) is 5.54 Å². The molecule has 0 aromatic heterocycles. The highest BCUT2D eigenvalue weighted by atomic mass is 14.8. The molecule has 19 heavy (non-hydrogen) atoms. The van der Waals surface area contributed by atoms with Crippen LogP contribution in [0.5, 0.6) is 0 Å². The molecule has 3 rings (SSSR count). The third kappa shape index (κ3) is 2.45. The second kappa shape index (κ2) is 4.34. The van der Waals surface area contributed by atoms with Crippen LogP contribution < -0.4 is 5.73 Å². The van der Waals surface area contributed by atoms with E-state index in [4.69, 9.17) is 5.73 Å². The minimum Gasteiger partial charge on any atom is -0.325 e. The van der Waals surface area contributed by atoms with Gasteiger partial charge in [-0.2, -0.15) is 0 Å². The topological polar surface area (TPSA) is 26.0 Å². The van der Waals surface area contributed by atoms with E-state index in [1.165, 1.54) is 36.8 Å². The molecule has 0 spiro atoms. The summed E-state index contributed by atoms with van der Waals surface area (Å²) in [5.74, 6) is 1.70. The van der Waals surface area contributed by atoms with Gasteiger partial charge < -0.3 is 5.73 Å². The Hall–Kier alpha value is -0.820. The minimum absolute atomic E-state index is 0.0895. The van der Waals surface area contributed by atoms with Gasteiger partial charge in [0.05, 0.1) is 0 Å². The van der Waals surface area contributed by atoms with Gasteiger partial charge in [0.25, 0.3) is 0 Å². The van der Waals surface area contributed by atoms with Gasteiger partial charge in [0.2, 0.25) is 0 Å². The summed E-state index contributed by atoms with van der Waals surface area (Å²) in [6.07, 6.45) is 6.49. The Morgan fingerprint density at radius 2 is 1.84 bits per heavy atom. The number of hydrogen-bond acceptors (Lipinski definition) is 1. The standard InChI is InChI=1S/C18H27N/c1-17(2,3)15-7-4-13(5-8-15)11-18(19)12-14-6-9-16(18)10-14/h4-5,7-8,14,16H,6,9-12,19H2,1-3H3. The SMILES string of the molecule is CC(C)(C)c1ccc(CC2(N)CC3CCC2C3)cc1.